The van der Waals surface area contributed by atoms with Crippen LogP contribution < -0.4 is 5.32 Å². The molecule has 1 aliphatic rings. The molecule has 0 aromatic carbocycles. The van der Waals surface area contributed by atoms with Gasteiger partial charge in [-0.05, 0) is 39.7 Å². The summed E-state index contributed by atoms with van der Waals surface area (Å²) in [5.41, 5.74) is 0. The lowest BCUT2D eigenvalue weighted by molar-refractivity contribution is -0.130. The number of nitrogens with one attached hydrogen (secondary N) is 1. The molecule has 4 nitrogen and oxygen atoms in total. The molecule has 0 radical (unpaired) electrons. The van der Waals surface area contributed by atoms with Crippen LogP contribution in [-0.4, -0.2) is 54.1 Å². The van der Waals surface area contributed by atoms with E-state index in [4.69, 9.17) is 0 Å². The third-order valence-corrected chi connectivity index (χ3v) is 4.47. The molecule has 1 heterocycles. The van der Waals surface area contributed by atoms with E-state index in [1.807, 2.05) is 0 Å². The molecule has 0 saturated carbocycles. The summed E-state index contributed by atoms with van der Waals surface area (Å²) in [5.74, 6) is 0.914. The van der Waals surface area contributed by atoms with Crippen LogP contribution in [0.25, 0.3) is 0 Å². The molecule has 1 saturated heterocycles. The van der Waals surface area contributed by atoms with Crippen LogP contribution in [-0.2, 0) is 4.79 Å². The average molecular weight is 297 g/mol. The molecule has 21 heavy (non-hydrogen) atoms. The van der Waals surface area contributed by atoms with Gasteiger partial charge >= 0.3 is 0 Å². The van der Waals surface area contributed by atoms with Gasteiger partial charge in [-0.1, -0.05) is 33.6 Å². The molecule has 0 bridgehead atoms. The molecular formula is C17H35N3O. The largest absolute Gasteiger partial charge is 0.325 e. The van der Waals surface area contributed by atoms with Gasteiger partial charge in [-0.2, -0.15) is 0 Å². The van der Waals surface area contributed by atoms with E-state index < -0.39 is 0 Å². The summed E-state index contributed by atoms with van der Waals surface area (Å²) in [6.45, 7) is 12.8. The molecule has 124 valence electrons. The van der Waals surface area contributed by atoms with Crippen molar-refractivity contribution >= 4 is 5.91 Å². The third kappa shape index (κ3) is 5.59. The van der Waals surface area contributed by atoms with Gasteiger partial charge in [0.05, 0.1) is 12.2 Å². The van der Waals surface area contributed by atoms with Gasteiger partial charge in [0.25, 0.3) is 0 Å². The van der Waals surface area contributed by atoms with E-state index in [1.54, 1.807) is 0 Å². The van der Waals surface area contributed by atoms with Gasteiger partial charge < -0.3 is 9.80 Å². The highest BCUT2D eigenvalue weighted by molar-refractivity contribution is 5.84. The predicted octanol–water partition coefficient (Wildman–Crippen LogP) is 2.69. The Labute approximate surface area is 131 Å². The van der Waals surface area contributed by atoms with Gasteiger partial charge in [-0.15, -0.1) is 0 Å². The summed E-state index contributed by atoms with van der Waals surface area (Å²) in [6.07, 6.45) is 4.51. The molecule has 2 atom stereocenters. The van der Waals surface area contributed by atoms with Gasteiger partial charge in [0.2, 0.25) is 5.91 Å². The zero-order valence-corrected chi connectivity index (χ0v) is 14.9. The van der Waals surface area contributed by atoms with Crippen LogP contribution in [0.5, 0.6) is 0 Å². The van der Waals surface area contributed by atoms with Crippen LogP contribution in [0.1, 0.15) is 60.3 Å². The summed E-state index contributed by atoms with van der Waals surface area (Å²) in [4.78, 5) is 17.0. The van der Waals surface area contributed by atoms with Crippen molar-refractivity contribution in [2.45, 2.75) is 78.6 Å². The summed E-state index contributed by atoms with van der Waals surface area (Å²) in [5, 5.41) is 3.57. The topological polar surface area (TPSA) is 35.6 Å². The second kappa shape index (κ2) is 8.74. The molecule has 0 spiro atoms. The second-order valence-corrected chi connectivity index (χ2v) is 7.11. The number of carbonyl (C=O) groups excluding carboxylic acids is 1. The molecule has 0 aromatic heterocycles. The number of rotatable bonds is 9. The first-order chi connectivity index (χ1) is 9.86. The van der Waals surface area contributed by atoms with Crippen LogP contribution in [0.3, 0.4) is 0 Å². The molecular weight excluding hydrogens is 262 g/mol. The van der Waals surface area contributed by atoms with Crippen molar-refractivity contribution in [1.82, 2.24) is 15.1 Å². The van der Waals surface area contributed by atoms with Crippen LogP contribution in [0.15, 0.2) is 0 Å². The SMILES string of the molecule is CCCCC1NC(CC(C)C)N(CCN(C)C(C)C)C1=O. The number of unbranched alkanes of at least 4 members (excludes halogenated alkanes) is 1. The quantitative estimate of drug-likeness (QED) is 0.711. The average Bonchev–Trinajstić information content (AvgIpc) is 2.69. The highest BCUT2D eigenvalue weighted by Crippen LogP contribution is 2.20. The zero-order chi connectivity index (χ0) is 16.0. The van der Waals surface area contributed by atoms with Crippen molar-refractivity contribution in [2.75, 3.05) is 20.1 Å². The van der Waals surface area contributed by atoms with E-state index >= 15 is 0 Å². The Bertz CT molecular complexity index is 317. The Morgan fingerprint density at radius 1 is 1.29 bits per heavy atom. The predicted molar refractivity (Wildman–Crippen MR) is 89.2 cm³/mol. The summed E-state index contributed by atoms with van der Waals surface area (Å²) in [7, 11) is 2.13. The Morgan fingerprint density at radius 2 is 1.95 bits per heavy atom. The molecule has 1 aliphatic heterocycles. The molecule has 0 aromatic rings. The first kappa shape index (κ1) is 18.4. The van der Waals surface area contributed by atoms with Crippen molar-refractivity contribution in [3.8, 4) is 0 Å². The fraction of sp³-hybridized carbons (Fsp3) is 0.941. The summed E-state index contributed by atoms with van der Waals surface area (Å²) < 4.78 is 0. The van der Waals surface area contributed by atoms with Gasteiger partial charge in [0.15, 0.2) is 0 Å². The van der Waals surface area contributed by atoms with E-state index in [-0.39, 0.29) is 12.2 Å². The smallest absolute Gasteiger partial charge is 0.241 e. The molecule has 1 N–H and O–H groups in total. The van der Waals surface area contributed by atoms with E-state index in [0.29, 0.717) is 17.9 Å². The van der Waals surface area contributed by atoms with Gasteiger partial charge in [0, 0.05) is 19.1 Å². The number of nitrogens with zero attached hydrogens (tertiary/aromatic N) is 2. The Balaban J connectivity index is 2.63. The van der Waals surface area contributed by atoms with E-state index in [9.17, 15) is 4.79 Å². The standard InChI is InChI=1S/C17H35N3O/c1-7-8-9-15-17(21)20(11-10-19(6)14(4)5)16(18-15)12-13(2)3/h13-16,18H,7-12H2,1-6H3. The van der Waals surface area contributed by atoms with Crippen molar-refractivity contribution in [3.05, 3.63) is 0 Å². The second-order valence-electron chi connectivity index (χ2n) is 7.11. The Kier molecular flexibility index (Phi) is 7.67. The molecule has 1 rings (SSSR count). The normalized spacial score (nSPS) is 23.1. The van der Waals surface area contributed by atoms with E-state index in [2.05, 4.69) is 56.8 Å². The highest BCUT2D eigenvalue weighted by Gasteiger charge is 2.38. The minimum Gasteiger partial charge on any atom is -0.325 e. The molecule has 0 aliphatic carbocycles. The minimum absolute atomic E-state index is 0.0399. The van der Waals surface area contributed by atoms with Crippen molar-refractivity contribution < 1.29 is 4.79 Å². The maximum absolute atomic E-state index is 12.6. The molecule has 1 fully saturated rings. The van der Waals surface area contributed by atoms with Crippen molar-refractivity contribution in [3.63, 3.8) is 0 Å². The van der Waals surface area contributed by atoms with Gasteiger partial charge in [-0.3, -0.25) is 10.1 Å². The fourth-order valence-electron chi connectivity index (χ4n) is 2.79. The fourth-order valence-corrected chi connectivity index (χ4v) is 2.79. The van der Waals surface area contributed by atoms with Crippen molar-refractivity contribution in [2.24, 2.45) is 5.92 Å². The lowest BCUT2D eigenvalue weighted by Gasteiger charge is -2.29. The number of hydrogen-bond donors (Lipinski definition) is 1. The van der Waals surface area contributed by atoms with Crippen LogP contribution >= 0.6 is 0 Å². The van der Waals surface area contributed by atoms with Gasteiger partial charge in [-0.25, -0.2) is 0 Å². The van der Waals surface area contributed by atoms with Crippen molar-refractivity contribution in [1.29, 1.82) is 0 Å². The Morgan fingerprint density at radius 3 is 2.48 bits per heavy atom. The number of hydrogen-bond acceptors (Lipinski definition) is 3. The maximum atomic E-state index is 12.6. The first-order valence-corrected chi connectivity index (χ1v) is 8.63. The monoisotopic (exact) mass is 297 g/mol. The minimum atomic E-state index is 0.0399. The Hall–Kier alpha value is -0.610. The maximum Gasteiger partial charge on any atom is 0.241 e. The number of carbonyl (C=O) groups is 1. The first-order valence-electron chi connectivity index (χ1n) is 8.63. The highest BCUT2D eigenvalue weighted by atomic mass is 16.2. The van der Waals surface area contributed by atoms with Gasteiger partial charge in [0.1, 0.15) is 0 Å². The van der Waals surface area contributed by atoms with Crippen LogP contribution in [0.4, 0.5) is 0 Å². The lowest BCUT2D eigenvalue weighted by atomic mass is 10.1. The summed E-state index contributed by atoms with van der Waals surface area (Å²) in [6, 6.07) is 0.563. The van der Waals surface area contributed by atoms with E-state index in [1.165, 1.54) is 0 Å². The molecule has 4 heteroatoms. The molecule has 1 amide bonds. The van der Waals surface area contributed by atoms with E-state index in [0.717, 1.165) is 38.8 Å². The zero-order valence-electron chi connectivity index (χ0n) is 14.9. The summed E-state index contributed by atoms with van der Waals surface area (Å²) >= 11 is 0. The number of likely N-dealkylation sites (N-methyl/N-ethyl adjacent to an activating group) is 1. The number of amides is 1. The van der Waals surface area contributed by atoms with Crippen LogP contribution in [0.2, 0.25) is 0 Å². The molecule has 2 unspecified atom stereocenters. The third-order valence-electron chi connectivity index (χ3n) is 4.47. The lowest BCUT2D eigenvalue weighted by Crippen LogP contribution is -2.43. The van der Waals surface area contributed by atoms with Crippen LogP contribution in [0, 0.1) is 5.92 Å².